The first-order valence-corrected chi connectivity index (χ1v) is 13.5. The number of anilines is 2. The Morgan fingerprint density at radius 1 is 1.02 bits per heavy atom. The molecule has 0 amide bonds. The fourth-order valence-electron chi connectivity index (χ4n) is 6.41. The van der Waals surface area contributed by atoms with Crippen LogP contribution < -0.4 is 10.6 Å². The number of halogens is 4. The number of alkyl halides is 2. The van der Waals surface area contributed by atoms with Gasteiger partial charge in [0.15, 0.2) is 11.6 Å². The second-order valence-corrected chi connectivity index (χ2v) is 11.1. The topological polar surface area (TPSA) is 83.8 Å². The SMILES string of the molecule is Fc1cnc(Nc2ccc(CN3CC4(CCNCC4)C3)cn2)nc1-c1cc(F)c2nc3n(c2c1)[C@H](C(F)F)CC3. The maximum atomic E-state index is 15.0. The van der Waals surface area contributed by atoms with E-state index in [1.807, 2.05) is 12.1 Å². The van der Waals surface area contributed by atoms with E-state index in [4.69, 9.17) is 0 Å². The Kier molecular flexibility index (Phi) is 6.19. The van der Waals surface area contributed by atoms with Crippen molar-refractivity contribution in [2.75, 3.05) is 31.5 Å². The van der Waals surface area contributed by atoms with Gasteiger partial charge in [0, 0.05) is 37.8 Å². The number of rotatable bonds is 6. The summed E-state index contributed by atoms with van der Waals surface area (Å²) in [6.07, 6.45) is 3.18. The molecule has 3 aromatic heterocycles. The van der Waals surface area contributed by atoms with Crippen LogP contribution >= 0.6 is 0 Å². The van der Waals surface area contributed by atoms with Crippen molar-refractivity contribution in [3.05, 3.63) is 59.7 Å². The van der Waals surface area contributed by atoms with Crippen molar-refractivity contribution in [1.29, 1.82) is 0 Å². The number of likely N-dealkylation sites (tertiary alicyclic amines) is 1. The summed E-state index contributed by atoms with van der Waals surface area (Å²) < 4.78 is 58.4. The number of pyridine rings is 1. The van der Waals surface area contributed by atoms with Crippen molar-refractivity contribution in [3.8, 4) is 11.3 Å². The predicted molar refractivity (Wildman–Crippen MR) is 141 cm³/mol. The number of fused-ring (bicyclic) bond motifs is 3. The third-order valence-corrected chi connectivity index (χ3v) is 8.38. The summed E-state index contributed by atoms with van der Waals surface area (Å²) in [5, 5.41) is 6.40. The van der Waals surface area contributed by atoms with Gasteiger partial charge in [-0.2, -0.15) is 0 Å². The smallest absolute Gasteiger partial charge is 0.259 e. The zero-order valence-corrected chi connectivity index (χ0v) is 21.7. The Balaban J connectivity index is 1.09. The molecule has 4 aromatic rings. The largest absolute Gasteiger partial charge is 0.319 e. The summed E-state index contributed by atoms with van der Waals surface area (Å²) in [5.41, 5.74) is 1.71. The van der Waals surface area contributed by atoms with E-state index in [9.17, 15) is 17.6 Å². The molecule has 6 heterocycles. The molecule has 1 spiro atoms. The predicted octanol–water partition coefficient (Wildman–Crippen LogP) is 4.85. The van der Waals surface area contributed by atoms with Crippen molar-refractivity contribution in [2.24, 2.45) is 5.41 Å². The quantitative estimate of drug-likeness (QED) is 0.331. The van der Waals surface area contributed by atoms with E-state index in [2.05, 4.69) is 35.5 Å². The lowest BCUT2D eigenvalue weighted by molar-refractivity contribution is -0.0282. The van der Waals surface area contributed by atoms with E-state index in [0.29, 0.717) is 23.5 Å². The van der Waals surface area contributed by atoms with Crippen molar-refractivity contribution < 1.29 is 17.6 Å². The molecule has 1 atom stereocenters. The first-order chi connectivity index (χ1) is 19.4. The van der Waals surface area contributed by atoms with Crippen LogP contribution in [-0.4, -0.2) is 62.0 Å². The fraction of sp³-hybridized carbons (Fsp3) is 0.429. The number of benzene rings is 1. The molecule has 12 heteroatoms. The van der Waals surface area contributed by atoms with Gasteiger partial charge < -0.3 is 15.2 Å². The molecule has 0 saturated carbocycles. The fourth-order valence-corrected chi connectivity index (χ4v) is 6.41. The van der Waals surface area contributed by atoms with Gasteiger partial charge in [-0.15, -0.1) is 0 Å². The molecule has 2 fully saturated rings. The molecule has 0 bridgehead atoms. The Labute approximate surface area is 227 Å². The van der Waals surface area contributed by atoms with Gasteiger partial charge in [0.1, 0.15) is 22.9 Å². The van der Waals surface area contributed by atoms with E-state index in [1.165, 1.54) is 23.5 Å². The number of hydrogen-bond acceptors (Lipinski definition) is 7. The Bertz CT molecular complexity index is 1560. The lowest BCUT2D eigenvalue weighted by atomic mass is 9.72. The standard InChI is InChI=1S/C28H28F4N8/c29-18-9-17(10-21-25(18)37-23-4-2-20(26(31)32)40(21)23)24-19(30)12-35-27(38-24)36-22-3-1-16(11-34-22)13-39-14-28(15-39)5-7-33-8-6-28/h1,3,9-12,20,26,33H,2,4-8,13-15H2,(H,34,35,36,38)/t20-/m0/s1. The van der Waals surface area contributed by atoms with Gasteiger partial charge in [0.25, 0.3) is 6.43 Å². The van der Waals surface area contributed by atoms with Crippen LogP contribution in [0.2, 0.25) is 0 Å². The summed E-state index contributed by atoms with van der Waals surface area (Å²) in [7, 11) is 0. The highest BCUT2D eigenvalue weighted by molar-refractivity contribution is 5.83. The number of aryl methyl sites for hydroxylation is 1. The molecule has 0 unspecified atom stereocenters. The first kappa shape index (κ1) is 25.3. The van der Waals surface area contributed by atoms with Crippen LogP contribution in [0.15, 0.2) is 36.7 Å². The highest BCUT2D eigenvalue weighted by atomic mass is 19.3. The molecular formula is C28H28F4N8. The highest BCUT2D eigenvalue weighted by Gasteiger charge is 2.43. The van der Waals surface area contributed by atoms with E-state index >= 15 is 0 Å². The number of imidazole rings is 1. The van der Waals surface area contributed by atoms with Gasteiger partial charge in [-0.3, -0.25) is 4.90 Å². The summed E-state index contributed by atoms with van der Waals surface area (Å²) in [6, 6.07) is 5.28. The van der Waals surface area contributed by atoms with Gasteiger partial charge >= 0.3 is 0 Å². The van der Waals surface area contributed by atoms with Crippen LogP contribution in [0.1, 0.15) is 36.7 Å². The van der Waals surface area contributed by atoms with Crippen LogP contribution in [0, 0.1) is 17.0 Å². The van der Waals surface area contributed by atoms with E-state index < -0.39 is 24.1 Å². The first-order valence-electron chi connectivity index (χ1n) is 13.5. The lowest BCUT2D eigenvalue weighted by Crippen LogP contribution is -2.59. The average molecular weight is 553 g/mol. The third-order valence-electron chi connectivity index (χ3n) is 8.38. The molecule has 7 rings (SSSR count). The molecule has 8 nitrogen and oxygen atoms in total. The molecule has 1 aromatic carbocycles. The summed E-state index contributed by atoms with van der Waals surface area (Å²) >= 11 is 0. The normalized spacial score (nSPS) is 20.3. The average Bonchev–Trinajstić information content (AvgIpc) is 3.51. The Morgan fingerprint density at radius 3 is 2.60 bits per heavy atom. The third kappa shape index (κ3) is 4.48. The molecule has 0 radical (unpaired) electrons. The lowest BCUT2D eigenvalue weighted by Gasteiger charge is -2.52. The maximum absolute atomic E-state index is 15.0. The van der Waals surface area contributed by atoms with Gasteiger partial charge in [0.2, 0.25) is 5.95 Å². The Hall–Kier alpha value is -3.64. The van der Waals surface area contributed by atoms with Crippen LogP contribution in [0.5, 0.6) is 0 Å². The van der Waals surface area contributed by atoms with Crippen LogP contribution in [0.25, 0.3) is 22.3 Å². The Morgan fingerprint density at radius 2 is 1.85 bits per heavy atom. The van der Waals surface area contributed by atoms with Crippen LogP contribution in [-0.2, 0) is 13.0 Å². The van der Waals surface area contributed by atoms with E-state index in [0.717, 1.165) is 50.6 Å². The van der Waals surface area contributed by atoms with Crippen molar-refractivity contribution >= 4 is 22.8 Å². The number of aromatic nitrogens is 5. The number of hydrogen-bond donors (Lipinski definition) is 2. The second kappa shape index (κ2) is 9.77. The number of nitrogens with zero attached hydrogens (tertiary/aromatic N) is 6. The van der Waals surface area contributed by atoms with Crippen LogP contribution in [0.4, 0.5) is 29.3 Å². The zero-order chi connectivity index (χ0) is 27.4. The molecule has 0 aliphatic carbocycles. The highest BCUT2D eigenvalue weighted by Crippen LogP contribution is 2.40. The van der Waals surface area contributed by atoms with Gasteiger partial charge in [0.05, 0.1) is 17.8 Å². The maximum Gasteiger partial charge on any atom is 0.259 e. The molecule has 2 saturated heterocycles. The van der Waals surface area contributed by atoms with E-state index in [1.54, 1.807) is 6.20 Å². The molecule has 208 valence electrons. The molecule has 2 N–H and O–H groups in total. The van der Waals surface area contributed by atoms with Crippen molar-refractivity contribution in [2.45, 2.75) is 44.7 Å². The number of piperidine rings is 1. The van der Waals surface area contributed by atoms with Gasteiger partial charge in [-0.05, 0) is 61.5 Å². The molecule has 3 aliphatic rings. The van der Waals surface area contributed by atoms with Crippen molar-refractivity contribution in [1.82, 2.24) is 34.7 Å². The summed E-state index contributed by atoms with van der Waals surface area (Å²) in [5.74, 6) is -0.525. The molecule has 40 heavy (non-hydrogen) atoms. The summed E-state index contributed by atoms with van der Waals surface area (Å²) in [6.45, 7) is 5.24. The minimum absolute atomic E-state index is 0.00894. The van der Waals surface area contributed by atoms with Crippen molar-refractivity contribution in [3.63, 3.8) is 0 Å². The summed E-state index contributed by atoms with van der Waals surface area (Å²) in [4.78, 5) is 19.4. The van der Waals surface area contributed by atoms with Crippen LogP contribution in [0.3, 0.4) is 0 Å². The minimum atomic E-state index is -2.62. The molecule has 3 aliphatic heterocycles. The van der Waals surface area contributed by atoms with Gasteiger partial charge in [-0.1, -0.05) is 6.07 Å². The molecular weight excluding hydrogens is 524 g/mol. The number of nitrogens with one attached hydrogen (secondary N) is 2. The minimum Gasteiger partial charge on any atom is -0.319 e. The second-order valence-electron chi connectivity index (χ2n) is 11.1. The van der Waals surface area contributed by atoms with Gasteiger partial charge in [-0.25, -0.2) is 37.5 Å². The van der Waals surface area contributed by atoms with E-state index in [-0.39, 0.29) is 34.7 Å². The zero-order valence-electron chi connectivity index (χ0n) is 21.7. The monoisotopic (exact) mass is 552 g/mol.